The molecule has 0 aliphatic rings. The van der Waals surface area contributed by atoms with Crippen LogP contribution in [0.2, 0.25) is 0 Å². The summed E-state index contributed by atoms with van der Waals surface area (Å²) < 4.78 is 24.9. The number of carbonyl (C=O) groups excluding carboxylic acids is 1. The molecule has 2 aromatic rings. The molecule has 0 heterocycles. The fourth-order valence-electron chi connectivity index (χ4n) is 2.77. The maximum absolute atomic E-state index is 14.8. The van der Waals surface area contributed by atoms with Crippen molar-refractivity contribution in [1.29, 1.82) is 0 Å². The van der Waals surface area contributed by atoms with E-state index in [9.17, 15) is 9.18 Å². The zero-order chi connectivity index (χ0) is 19.5. The normalized spacial score (nSPS) is 13.3. The van der Waals surface area contributed by atoms with Crippen LogP contribution in [0.4, 0.5) is 4.39 Å². The monoisotopic (exact) mass is 373 g/mol. The van der Waals surface area contributed by atoms with Gasteiger partial charge >= 0.3 is 5.97 Å². The highest BCUT2D eigenvalue weighted by Crippen LogP contribution is 2.14. The summed E-state index contributed by atoms with van der Waals surface area (Å²) in [5.74, 6) is -0.470. The van der Waals surface area contributed by atoms with Gasteiger partial charge in [0, 0.05) is 19.6 Å². The third-order valence-corrected chi connectivity index (χ3v) is 4.21. The Morgan fingerprint density at radius 3 is 2.00 bits per heavy atom. The quantitative estimate of drug-likeness (QED) is 0.558. The van der Waals surface area contributed by atoms with E-state index >= 15 is 0 Å². The zero-order valence-corrected chi connectivity index (χ0v) is 16.0. The Morgan fingerprint density at radius 2 is 1.52 bits per heavy atom. The van der Waals surface area contributed by atoms with Crippen molar-refractivity contribution >= 4 is 5.97 Å². The van der Waals surface area contributed by atoms with E-state index in [-0.39, 0.29) is 19.8 Å². The van der Waals surface area contributed by atoms with Gasteiger partial charge in [-0.1, -0.05) is 60.7 Å². The second-order valence-electron chi connectivity index (χ2n) is 6.48. The molecule has 0 saturated heterocycles. The van der Waals surface area contributed by atoms with Crippen molar-refractivity contribution < 1.29 is 18.7 Å². The Hall–Kier alpha value is -2.24. The number of rotatable bonds is 11. The second kappa shape index (κ2) is 11.5. The molecule has 0 aromatic heterocycles. The van der Waals surface area contributed by atoms with Crippen LogP contribution in [0.15, 0.2) is 60.7 Å². The summed E-state index contributed by atoms with van der Waals surface area (Å²) in [4.78, 5) is 13.4. The molecule has 4 nitrogen and oxygen atoms in total. The summed E-state index contributed by atoms with van der Waals surface area (Å²) in [6.07, 6.45) is -1.91. The molecule has 146 valence electrons. The van der Waals surface area contributed by atoms with Crippen molar-refractivity contribution in [2.75, 3.05) is 19.8 Å². The third-order valence-electron chi connectivity index (χ3n) is 4.21. The van der Waals surface area contributed by atoms with Gasteiger partial charge in [0.15, 0.2) is 0 Å². The molecule has 27 heavy (non-hydrogen) atoms. The Balaban J connectivity index is 1.96. The summed E-state index contributed by atoms with van der Waals surface area (Å²) in [5, 5.41) is 0. The minimum atomic E-state index is -1.22. The van der Waals surface area contributed by atoms with Gasteiger partial charge in [-0.2, -0.15) is 0 Å². The standard InChI is InChI=1S/C22H28FNO3/c1-3-26-22(25)17-27-18(2)21(23)16-24(14-19-10-6-4-7-11-19)15-20-12-8-5-9-13-20/h4-13,18,21H,3,14-17H2,1-2H3. The maximum atomic E-state index is 14.8. The lowest BCUT2D eigenvalue weighted by molar-refractivity contribution is -0.151. The predicted octanol–water partition coefficient (Wildman–Crippen LogP) is 4.00. The first-order valence-electron chi connectivity index (χ1n) is 9.30. The summed E-state index contributed by atoms with van der Waals surface area (Å²) >= 11 is 0. The van der Waals surface area contributed by atoms with Gasteiger partial charge in [-0.15, -0.1) is 0 Å². The smallest absolute Gasteiger partial charge is 0.332 e. The van der Waals surface area contributed by atoms with E-state index in [4.69, 9.17) is 9.47 Å². The Bertz CT molecular complexity index is 624. The van der Waals surface area contributed by atoms with Crippen molar-refractivity contribution in [2.45, 2.75) is 39.2 Å². The van der Waals surface area contributed by atoms with Gasteiger partial charge < -0.3 is 9.47 Å². The molecule has 0 saturated carbocycles. The van der Waals surface area contributed by atoms with Crippen molar-refractivity contribution in [2.24, 2.45) is 0 Å². The first-order valence-corrected chi connectivity index (χ1v) is 9.30. The second-order valence-corrected chi connectivity index (χ2v) is 6.48. The lowest BCUT2D eigenvalue weighted by Crippen LogP contribution is -2.37. The van der Waals surface area contributed by atoms with Crippen LogP contribution in [0, 0.1) is 0 Å². The zero-order valence-electron chi connectivity index (χ0n) is 16.0. The molecule has 2 atom stereocenters. The van der Waals surface area contributed by atoms with Crippen LogP contribution in [-0.2, 0) is 27.4 Å². The Morgan fingerprint density at radius 1 is 1.00 bits per heavy atom. The highest BCUT2D eigenvalue weighted by molar-refractivity contribution is 5.70. The van der Waals surface area contributed by atoms with E-state index in [0.717, 1.165) is 11.1 Å². The van der Waals surface area contributed by atoms with Gasteiger partial charge in [0.25, 0.3) is 0 Å². The average Bonchev–Trinajstić information content (AvgIpc) is 2.68. The highest BCUT2D eigenvalue weighted by atomic mass is 19.1. The van der Waals surface area contributed by atoms with Crippen molar-refractivity contribution in [1.82, 2.24) is 4.90 Å². The number of ether oxygens (including phenoxy) is 2. The molecule has 0 aliphatic heterocycles. The molecular formula is C22H28FNO3. The van der Waals surface area contributed by atoms with Gasteiger partial charge in [0.05, 0.1) is 12.7 Å². The highest BCUT2D eigenvalue weighted by Gasteiger charge is 2.22. The van der Waals surface area contributed by atoms with E-state index in [1.54, 1.807) is 13.8 Å². The van der Waals surface area contributed by atoms with Crippen LogP contribution in [0.25, 0.3) is 0 Å². The summed E-state index contributed by atoms with van der Waals surface area (Å²) in [5.41, 5.74) is 2.25. The number of halogens is 1. The lowest BCUT2D eigenvalue weighted by Gasteiger charge is -2.27. The molecule has 2 rings (SSSR count). The number of hydrogen-bond acceptors (Lipinski definition) is 4. The largest absolute Gasteiger partial charge is 0.464 e. The van der Waals surface area contributed by atoms with Crippen molar-refractivity contribution in [3.8, 4) is 0 Å². The van der Waals surface area contributed by atoms with Crippen LogP contribution in [0.5, 0.6) is 0 Å². The van der Waals surface area contributed by atoms with E-state index in [2.05, 4.69) is 4.90 Å². The first-order chi connectivity index (χ1) is 13.1. The van der Waals surface area contributed by atoms with Crippen LogP contribution in [0.1, 0.15) is 25.0 Å². The number of benzene rings is 2. The summed E-state index contributed by atoms with van der Waals surface area (Å²) in [6, 6.07) is 20.0. The van der Waals surface area contributed by atoms with Gasteiger partial charge in [-0.25, -0.2) is 9.18 Å². The fraction of sp³-hybridized carbons (Fsp3) is 0.409. The predicted molar refractivity (Wildman–Crippen MR) is 104 cm³/mol. The number of esters is 1. The molecule has 0 fully saturated rings. The molecule has 0 spiro atoms. The lowest BCUT2D eigenvalue weighted by atomic mass is 10.1. The van der Waals surface area contributed by atoms with Gasteiger partial charge in [0.1, 0.15) is 12.8 Å². The van der Waals surface area contributed by atoms with Crippen LogP contribution in [-0.4, -0.2) is 42.9 Å². The minimum Gasteiger partial charge on any atom is -0.464 e. The first kappa shape index (κ1) is 21.1. The molecule has 5 heteroatoms. The van der Waals surface area contributed by atoms with Crippen molar-refractivity contribution in [3.05, 3.63) is 71.8 Å². The fourth-order valence-corrected chi connectivity index (χ4v) is 2.77. The molecule has 0 bridgehead atoms. The average molecular weight is 373 g/mol. The molecule has 2 unspecified atom stereocenters. The maximum Gasteiger partial charge on any atom is 0.332 e. The van der Waals surface area contributed by atoms with Gasteiger partial charge in [-0.05, 0) is 25.0 Å². The summed E-state index contributed by atoms with van der Waals surface area (Å²) in [7, 11) is 0. The molecular weight excluding hydrogens is 345 g/mol. The number of alkyl halides is 1. The minimum absolute atomic E-state index is 0.216. The molecule has 0 amide bonds. The molecule has 2 aromatic carbocycles. The number of nitrogens with zero attached hydrogens (tertiary/aromatic N) is 1. The molecule has 0 radical (unpaired) electrons. The number of carbonyl (C=O) groups is 1. The molecule has 0 aliphatic carbocycles. The van der Waals surface area contributed by atoms with E-state index in [1.165, 1.54) is 0 Å². The van der Waals surface area contributed by atoms with Crippen molar-refractivity contribution in [3.63, 3.8) is 0 Å². The SMILES string of the molecule is CCOC(=O)COC(C)C(F)CN(Cc1ccccc1)Cc1ccccc1. The van der Waals surface area contributed by atoms with Gasteiger partial charge in [0.2, 0.25) is 0 Å². The van der Waals surface area contributed by atoms with Crippen LogP contribution in [0.3, 0.4) is 0 Å². The third kappa shape index (κ3) is 7.89. The Labute approximate surface area is 160 Å². The van der Waals surface area contributed by atoms with E-state index in [1.807, 2.05) is 60.7 Å². The van der Waals surface area contributed by atoms with E-state index < -0.39 is 18.2 Å². The molecule has 0 N–H and O–H groups in total. The summed E-state index contributed by atoms with van der Waals surface area (Å²) in [6.45, 7) is 4.93. The van der Waals surface area contributed by atoms with Crippen LogP contribution < -0.4 is 0 Å². The van der Waals surface area contributed by atoms with E-state index in [0.29, 0.717) is 13.1 Å². The topological polar surface area (TPSA) is 38.8 Å². The number of hydrogen-bond donors (Lipinski definition) is 0. The Kier molecular flexibility index (Phi) is 8.95. The van der Waals surface area contributed by atoms with Gasteiger partial charge in [-0.3, -0.25) is 4.90 Å². The van der Waals surface area contributed by atoms with Crippen LogP contribution >= 0.6 is 0 Å².